The summed E-state index contributed by atoms with van der Waals surface area (Å²) in [7, 11) is 0. The molecule has 4 aromatic rings. The number of hydrogen-bond acceptors (Lipinski definition) is 7. The molecule has 0 radical (unpaired) electrons. The third-order valence-electron chi connectivity index (χ3n) is 7.87. The maximum atomic E-state index is 13.8. The smallest absolute Gasteiger partial charge is 0.338 e. The van der Waals surface area contributed by atoms with Crippen LogP contribution in [-0.2, 0) is 37.7 Å². The van der Waals surface area contributed by atoms with Crippen LogP contribution in [0.15, 0.2) is 114 Å². The molecule has 1 aliphatic rings. The van der Waals surface area contributed by atoms with Gasteiger partial charge in [-0.05, 0) is 84.9 Å². The first-order chi connectivity index (χ1) is 21.9. The van der Waals surface area contributed by atoms with Gasteiger partial charge in [-0.1, -0.05) is 92.1 Å². The molecule has 0 bridgehead atoms. The SMILES string of the molecule is CC(C)OC(=O)c1ccc(C2(C(=O)Oc3ccc(C(=NOCc4ccccc4)OCc4ccccc4)cc3)CCCCC2)cc1. The van der Waals surface area contributed by atoms with Gasteiger partial charge < -0.3 is 19.0 Å². The molecule has 0 spiro atoms. The zero-order chi connectivity index (χ0) is 31.5. The van der Waals surface area contributed by atoms with E-state index in [1.807, 2.05) is 86.6 Å². The summed E-state index contributed by atoms with van der Waals surface area (Å²) < 4.78 is 17.4. The van der Waals surface area contributed by atoms with Gasteiger partial charge in [-0.2, -0.15) is 0 Å². The monoisotopic (exact) mass is 605 g/mol. The minimum Gasteiger partial charge on any atom is -0.470 e. The second-order valence-corrected chi connectivity index (χ2v) is 11.5. The van der Waals surface area contributed by atoms with Gasteiger partial charge in [0, 0.05) is 5.56 Å². The van der Waals surface area contributed by atoms with Gasteiger partial charge in [-0.15, -0.1) is 0 Å². The van der Waals surface area contributed by atoms with E-state index in [-0.39, 0.29) is 18.0 Å². The minimum absolute atomic E-state index is 0.206. The molecule has 0 N–H and O–H groups in total. The van der Waals surface area contributed by atoms with Crippen LogP contribution >= 0.6 is 0 Å². The molecule has 0 amide bonds. The van der Waals surface area contributed by atoms with E-state index in [2.05, 4.69) is 5.16 Å². The zero-order valence-corrected chi connectivity index (χ0v) is 25.8. The highest BCUT2D eigenvalue weighted by Gasteiger charge is 2.43. The van der Waals surface area contributed by atoms with Gasteiger partial charge in [-0.3, -0.25) is 4.79 Å². The van der Waals surface area contributed by atoms with Crippen molar-refractivity contribution in [3.05, 3.63) is 137 Å². The molecule has 1 fully saturated rings. The molecule has 45 heavy (non-hydrogen) atoms. The summed E-state index contributed by atoms with van der Waals surface area (Å²) in [6.45, 7) is 4.26. The summed E-state index contributed by atoms with van der Waals surface area (Å²) in [5.41, 5.74) is 3.21. The predicted octanol–water partition coefficient (Wildman–Crippen LogP) is 8.15. The van der Waals surface area contributed by atoms with Gasteiger partial charge in [0.25, 0.3) is 5.90 Å². The molecule has 5 rings (SSSR count). The van der Waals surface area contributed by atoms with Crippen LogP contribution in [0.5, 0.6) is 5.75 Å². The van der Waals surface area contributed by atoms with Crippen LogP contribution in [-0.4, -0.2) is 23.9 Å². The Labute approximate surface area is 264 Å². The van der Waals surface area contributed by atoms with E-state index >= 15 is 0 Å². The highest BCUT2D eigenvalue weighted by Crippen LogP contribution is 2.41. The maximum Gasteiger partial charge on any atom is 0.338 e. The van der Waals surface area contributed by atoms with E-state index in [1.54, 1.807) is 36.4 Å². The Bertz CT molecular complexity index is 1560. The van der Waals surface area contributed by atoms with E-state index in [9.17, 15) is 9.59 Å². The standard InChI is InChI=1S/C38H39NO6/c1-28(2)44-36(40)32-16-20-33(21-17-32)38(24-10-5-11-25-38)37(41)45-34-22-18-31(19-23-34)35(42-26-29-12-6-3-7-13-29)39-43-27-30-14-8-4-9-15-30/h3-4,6-9,12-23,28H,5,10-11,24-27H2,1-2H3. The number of esters is 2. The zero-order valence-electron chi connectivity index (χ0n) is 25.8. The lowest BCUT2D eigenvalue weighted by Gasteiger charge is -2.35. The summed E-state index contributed by atoms with van der Waals surface area (Å²) in [6.07, 6.45) is 4.08. The molecule has 0 aromatic heterocycles. The fourth-order valence-corrected chi connectivity index (χ4v) is 5.47. The average molecular weight is 606 g/mol. The summed E-state index contributed by atoms with van der Waals surface area (Å²) >= 11 is 0. The molecule has 232 valence electrons. The average Bonchev–Trinajstić information content (AvgIpc) is 3.07. The molecule has 7 nitrogen and oxygen atoms in total. The second-order valence-electron chi connectivity index (χ2n) is 11.5. The molecule has 0 unspecified atom stereocenters. The van der Waals surface area contributed by atoms with Crippen molar-refractivity contribution in [2.45, 2.75) is 70.7 Å². The van der Waals surface area contributed by atoms with Gasteiger partial charge >= 0.3 is 11.9 Å². The number of ether oxygens (including phenoxy) is 3. The quantitative estimate of drug-likeness (QED) is 0.0564. The van der Waals surface area contributed by atoms with E-state index in [0.29, 0.717) is 48.8 Å². The molecular weight excluding hydrogens is 566 g/mol. The van der Waals surface area contributed by atoms with Crippen molar-refractivity contribution in [2.75, 3.05) is 0 Å². The van der Waals surface area contributed by atoms with Crippen LogP contribution in [0.3, 0.4) is 0 Å². The molecule has 1 aliphatic carbocycles. The Morgan fingerprint density at radius 3 is 1.89 bits per heavy atom. The van der Waals surface area contributed by atoms with Crippen molar-refractivity contribution in [2.24, 2.45) is 5.16 Å². The number of rotatable bonds is 11. The highest BCUT2D eigenvalue weighted by atomic mass is 16.6. The lowest BCUT2D eigenvalue weighted by molar-refractivity contribution is -0.142. The summed E-state index contributed by atoms with van der Waals surface area (Å²) in [6, 6.07) is 33.9. The van der Waals surface area contributed by atoms with Crippen LogP contribution in [0.2, 0.25) is 0 Å². The maximum absolute atomic E-state index is 13.8. The molecular formula is C38H39NO6. The normalized spacial score (nSPS) is 14.4. The lowest BCUT2D eigenvalue weighted by atomic mass is 9.69. The van der Waals surface area contributed by atoms with Crippen molar-refractivity contribution in [3.63, 3.8) is 0 Å². The first-order valence-electron chi connectivity index (χ1n) is 15.5. The predicted molar refractivity (Wildman–Crippen MR) is 173 cm³/mol. The molecule has 4 aromatic carbocycles. The molecule has 0 aliphatic heterocycles. The van der Waals surface area contributed by atoms with Crippen molar-refractivity contribution >= 4 is 17.8 Å². The van der Waals surface area contributed by atoms with Gasteiger partial charge in [0.05, 0.1) is 17.1 Å². The van der Waals surface area contributed by atoms with Crippen LogP contribution in [0.4, 0.5) is 0 Å². The number of nitrogens with zero attached hydrogens (tertiary/aromatic N) is 1. The van der Waals surface area contributed by atoms with Crippen LogP contribution in [0.25, 0.3) is 0 Å². The fraction of sp³-hybridized carbons (Fsp3) is 0.289. The van der Waals surface area contributed by atoms with Gasteiger partial charge in [-0.25, -0.2) is 4.79 Å². The van der Waals surface area contributed by atoms with E-state index < -0.39 is 5.41 Å². The second kappa shape index (κ2) is 15.2. The van der Waals surface area contributed by atoms with Gasteiger partial charge in [0.1, 0.15) is 19.0 Å². The molecule has 7 heteroatoms. The molecule has 0 heterocycles. The first-order valence-corrected chi connectivity index (χ1v) is 15.5. The van der Waals surface area contributed by atoms with Crippen molar-refractivity contribution < 1.29 is 28.6 Å². The summed E-state index contributed by atoms with van der Waals surface area (Å²) in [5.74, 6) is 0.0804. The van der Waals surface area contributed by atoms with E-state index in [4.69, 9.17) is 19.0 Å². The largest absolute Gasteiger partial charge is 0.470 e. The van der Waals surface area contributed by atoms with Crippen molar-refractivity contribution in [3.8, 4) is 5.75 Å². The number of carbonyl (C=O) groups is 2. The Morgan fingerprint density at radius 1 is 0.711 bits per heavy atom. The first kappa shape index (κ1) is 31.5. The third kappa shape index (κ3) is 8.38. The Morgan fingerprint density at radius 2 is 1.29 bits per heavy atom. The highest BCUT2D eigenvalue weighted by molar-refractivity contribution is 5.94. The molecule has 0 saturated heterocycles. The lowest BCUT2D eigenvalue weighted by Crippen LogP contribution is -2.41. The van der Waals surface area contributed by atoms with Crippen LogP contribution in [0, 0.1) is 0 Å². The topological polar surface area (TPSA) is 83.4 Å². The summed E-state index contributed by atoms with van der Waals surface area (Å²) in [5, 5.41) is 4.31. The van der Waals surface area contributed by atoms with Gasteiger partial charge in [0.15, 0.2) is 0 Å². The fourth-order valence-electron chi connectivity index (χ4n) is 5.47. The molecule has 0 atom stereocenters. The third-order valence-corrected chi connectivity index (χ3v) is 7.87. The number of benzene rings is 4. The Balaban J connectivity index is 1.31. The van der Waals surface area contributed by atoms with Crippen LogP contribution in [0.1, 0.15) is 78.6 Å². The number of hydrogen-bond donors (Lipinski definition) is 0. The van der Waals surface area contributed by atoms with Gasteiger partial charge in [0.2, 0.25) is 0 Å². The number of carbonyl (C=O) groups excluding carboxylic acids is 2. The Kier molecular flexibility index (Phi) is 10.6. The minimum atomic E-state index is -0.784. The van der Waals surface area contributed by atoms with Crippen molar-refractivity contribution in [1.82, 2.24) is 0 Å². The molecule has 1 saturated carbocycles. The van der Waals surface area contributed by atoms with Crippen LogP contribution < -0.4 is 4.74 Å². The summed E-state index contributed by atoms with van der Waals surface area (Å²) in [4.78, 5) is 31.8. The number of oxime groups is 1. The Hall–Kier alpha value is -4.91. The van der Waals surface area contributed by atoms with E-state index in [1.165, 1.54) is 0 Å². The van der Waals surface area contributed by atoms with E-state index in [0.717, 1.165) is 36.0 Å². The van der Waals surface area contributed by atoms with Crippen molar-refractivity contribution in [1.29, 1.82) is 0 Å².